The van der Waals surface area contributed by atoms with Gasteiger partial charge < -0.3 is 10.0 Å². The van der Waals surface area contributed by atoms with Crippen LogP contribution in [0.4, 0.5) is 18.9 Å². The summed E-state index contributed by atoms with van der Waals surface area (Å²) in [6.45, 7) is 0.226. The SMILES string of the molecule is O=C(Cl)c1ccc(C(F)(F)F)c(N2CCCC2O)c1Cl. The zero-order chi connectivity index (χ0) is 15.1. The molecule has 1 atom stereocenters. The Morgan fingerprint density at radius 2 is 2.05 bits per heavy atom. The van der Waals surface area contributed by atoms with E-state index in [-0.39, 0.29) is 17.1 Å². The Morgan fingerprint density at radius 1 is 1.40 bits per heavy atom. The van der Waals surface area contributed by atoms with Crippen molar-refractivity contribution in [1.29, 1.82) is 0 Å². The largest absolute Gasteiger partial charge is 0.418 e. The molecule has 8 heteroatoms. The van der Waals surface area contributed by atoms with Crippen molar-refractivity contribution in [3.63, 3.8) is 0 Å². The third-order valence-electron chi connectivity index (χ3n) is 3.14. The van der Waals surface area contributed by atoms with E-state index < -0.39 is 28.9 Å². The van der Waals surface area contributed by atoms with Crippen molar-refractivity contribution < 1.29 is 23.1 Å². The lowest BCUT2D eigenvalue weighted by Crippen LogP contribution is -2.31. The number of halogens is 5. The second-order valence-corrected chi connectivity index (χ2v) is 5.13. The standard InChI is InChI=1S/C12H10Cl2F3NO2/c13-9-6(11(14)20)3-4-7(12(15,16)17)10(9)18-5-1-2-8(18)19/h3-4,8,19H,1-2,5H2. The average Bonchev–Trinajstić information content (AvgIpc) is 2.73. The number of anilines is 1. The average molecular weight is 328 g/mol. The molecule has 1 aliphatic rings. The molecular formula is C12H10Cl2F3NO2. The van der Waals surface area contributed by atoms with Gasteiger partial charge in [0.1, 0.15) is 6.23 Å². The van der Waals surface area contributed by atoms with Gasteiger partial charge in [-0.25, -0.2) is 0 Å². The van der Waals surface area contributed by atoms with Gasteiger partial charge in [-0.3, -0.25) is 4.79 Å². The summed E-state index contributed by atoms with van der Waals surface area (Å²) in [4.78, 5) is 12.3. The summed E-state index contributed by atoms with van der Waals surface area (Å²) < 4.78 is 39.2. The Balaban J connectivity index is 2.65. The fourth-order valence-corrected chi connectivity index (χ4v) is 2.80. The zero-order valence-electron chi connectivity index (χ0n) is 10.0. The normalized spacial score (nSPS) is 19.5. The van der Waals surface area contributed by atoms with Crippen LogP contribution in [0.5, 0.6) is 0 Å². The molecule has 0 spiro atoms. The highest BCUT2D eigenvalue weighted by Crippen LogP contribution is 2.44. The summed E-state index contributed by atoms with van der Waals surface area (Å²) in [5, 5.41) is 8.43. The second kappa shape index (κ2) is 5.42. The minimum atomic E-state index is -4.64. The van der Waals surface area contributed by atoms with Crippen LogP contribution in [0.3, 0.4) is 0 Å². The van der Waals surface area contributed by atoms with E-state index in [1.165, 1.54) is 0 Å². The number of nitrogens with zero attached hydrogens (tertiary/aromatic N) is 1. The molecule has 0 bridgehead atoms. The molecule has 1 aliphatic heterocycles. The fourth-order valence-electron chi connectivity index (χ4n) is 2.24. The number of hydrogen-bond acceptors (Lipinski definition) is 3. The minimum Gasteiger partial charge on any atom is -0.374 e. The van der Waals surface area contributed by atoms with Crippen molar-refractivity contribution in [2.45, 2.75) is 25.2 Å². The van der Waals surface area contributed by atoms with E-state index >= 15 is 0 Å². The fraction of sp³-hybridized carbons (Fsp3) is 0.417. The Kier molecular flexibility index (Phi) is 4.18. The molecular weight excluding hydrogens is 318 g/mol. The van der Waals surface area contributed by atoms with E-state index in [9.17, 15) is 23.1 Å². The van der Waals surface area contributed by atoms with Gasteiger partial charge in [0.15, 0.2) is 0 Å². The molecule has 0 amide bonds. The van der Waals surface area contributed by atoms with Crippen LogP contribution in [-0.2, 0) is 6.18 Å². The summed E-state index contributed by atoms with van der Waals surface area (Å²) in [6.07, 6.45) is -4.83. The molecule has 0 saturated carbocycles. The van der Waals surface area contributed by atoms with Crippen LogP contribution < -0.4 is 4.90 Å². The van der Waals surface area contributed by atoms with E-state index in [4.69, 9.17) is 23.2 Å². The Morgan fingerprint density at radius 3 is 2.50 bits per heavy atom. The highest BCUT2D eigenvalue weighted by atomic mass is 35.5. The van der Waals surface area contributed by atoms with Gasteiger partial charge in [-0.2, -0.15) is 13.2 Å². The third-order valence-corrected chi connectivity index (χ3v) is 3.73. The van der Waals surface area contributed by atoms with E-state index in [0.29, 0.717) is 12.8 Å². The first kappa shape index (κ1) is 15.4. The van der Waals surface area contributed by atoms with Crippen LogP contribution in [0.1, 0.15) is 28.8 Å². The maximum atomic E-state index is 13.1. The highest BCUT2D eigenvalue weighted by Gasteiger charge is 2.39. The topological polar surface area (TPSA) is 40.5 Å². The lowest BCUT2D eigenvalue weighted by Gasteiger charge is -2.27. The first-order valence-corrected chi connectivity index (χ1v) is 6.53. The number of aliphatic hydroxyl groups excluding tert-OH is 1. The van der Waals surface area contributed by atoms with Gasteiger partial charge in [0.2, 0.25) is 0 Å². The molecule has 110 valence electrons. The quantitative estimate of drug-likeness (QED) is 0.843. The third kappa shape index (κ3) is 2.73. The minimum absolute atomic E-state index is 0.213. The molecule has 1 aromatic rings. The lowest BCUT2D eigenvalue weighted by atomic mass is 10.1. The Bertz CT molecular complexity index is 548. The maximum absolute atomic E-state index is 13.1. The molecule has 1 N–H and O–H groups in total. The van der Waals surface area contributed by atoms with Crippen molar-refractivity contribution in [3.8, 4) is 0 Å². The first-order valence-electron chi connectivity index (χ1n) is 5.77. The number of rotatable bonds is 2. The molecule has 0 aromatic heterocycles. The van der Waals surface area contributed by atoms with E-state index in [1.807, 2.05) is 0 Å². The summed E-state index contributed by atoms with van der Waals surface area (Å²) in [5.74, 6) is 0. The summed E-state index contributed by atoms with van der Waals surface area (Å²) in [6, 6.07) is 1.69. The summed E-state index contributed by atoms with van der Waals surface area (Å²) in [5.41, 5.74) is -1.60. The Labute approximate surface area is 122 Å². The van der Waals surface area contributed by atoms with Crippen LogP contribution in [0.15, 0.2) is 12.1 Å². The molecule has 1 fully saturated rings. The molecule has 20 heavy (non-hydrogen) atoms. The van der Waals surface area contributed by atoms with Crippen LogP contribution >= 0.6 is 23.2 Å². The van der Waals surface area contributed by atoms with Crippen molar-refractivity contribution in [2.75, 3.05) is 11.4 Å². The molecule has 2 rings (SSSR count). The number of carbonyl (C=O) groups excluding carboxylic acids is 1. The van der Waals surface area contributed by atoms with Crippen molar-refractivity contribution >= 4 is 34.1 Å². The number of aliphatic hydroxyl groups is 1. The summed E-state index contributed by atoms with van der Waals surface area (Å²) in [7, 11) is 0. The van der Waals surface area contributed by atoms with E-state index in [0.717, 1.165) is 17.0 Å². The molecule has 0 radical (unpaired) electrons. The van der Waals surface area contributed by atoms with Gasteiger partial charge in [0, 0.05) is 6.54 Å². The molecule has 3 nitrogen and oxygen atoms in total. The van der Waals surface area contributed by atoms with E-state index in [2.05, 4.69) is 0 Å². The van der Waals surface area contributed by atoms with Gasteiger partial charge in [0.25, 0.3) is 5.24 Å². The van der Waals surface area contributed by atoms with Crippen LogP contribution in [-0.4, -0.2) is 23.1 Å². The predicted molar refractivity (Wildman–Crippen MR) is 69.2 cm³/mol. The van der Waals surface area contributed by atoms with E-state index in [1.54, 1.807) is 0 Å². The monoisotopic (exact) mass is 327 g/mol. The van der Waals surface area contributed by atoms with Crippen LogP contribution in [0.25, 0.3) is 0 Å². The van der Waals surface area contributed by atoms with Crippen molar-refractivity contribution in [3.05, 3.63) is 28.3 Å². The van der Waals surface area contributed by atoms with Crippen LogP contribution in [0, 0.1) is 0 Å². The lowest BCUT2D eigenvalue weighted by molar-refractivity contribution is -0.137. The van der Waals surface area contributed by atoms with Crippen molar-refractivity contribution in [2.24, 2.45) is 0 Å². The van der Waals surface area contributed by atoms with Gasteiger partial charge in [0.05, 0.1) is 21.8 Å². The van der Waals surface area contributed by atoms with Crippen molar-refractivity contribution in [1.82, 2.24) is 0 Å². The number of benzene rings is 1. The maximum Gasteiger partial charge on any atom is 0.418 e. The van der Waals surface area contributed by atoms with Gasteiger partial charge >= 0.3 is 6.18 Å². The molecule has 1 aromatic carbocycles. The second-order valence-electron chi connectivity index (χ2n) is 4.41. The molecule has 1 saturated heterocycles. The van der Waals surface area contributed by atoms with Gasteiger partial charge in [-0.15, -0.1) is 0 Å². The van der Waals surface area contributed by atoms with Gasteiger partial charge in [-0.05, 0) is 36.6 Å². The first-order chi connectivity index (χ1) is 9.23. The zero-order valence-corrected chi connectivity index (χ0v) is 11.6. The smallest absolute Gasteiger partial charge is 0.374 e. The summed E-state index contributed by atoms with van der Waals surface area (Å²) >= 11 is 11.2. The number of hydrogen-bond donors (Lipinski definition) is 1. The molecule has 1 unspecified atom stereocenters. The van der Waals surface area contributed by atoms with Crippen LogP contribution in [0.2, 0.25) is 5.02 Å². The number of carbonyl (C=O) groups is 1. The predicted octanol–water partition coefficient (Wildman–Crippen LogP) is 3.66. The Hall–Kier alpha value is -0.980. The molecule has 1 heterocycles. The highest BCUT2D eigenvalue weighted by molar-refractivity contribution is 6.69. The molecule has 0 aliphatic carbocycles. The van der Waals surface area contributed by atoms with Gasteiger partial charge in [-0.1, -0.05) is 11.6 Å². The number of alkyl halides is 3.